The molecule has 5 rings (SSSR count). The highest BCUT2D eigenvalue weighted by Crippen LogP contribution is 2.34. The summed E-state index contributed by atoms with van der Waals surface area (Å²) in [7, 11) is 0. The number of aromatic nitrogens is 6. The molecular formula is C18H14N6S2. The molecule has 0 atom stereocenters. The quantitative estimate of drug-likeness (QED) is 0.469. The Morgan fingerprint density at radius 1 is 1.04 bits per heavy atom. The summed E-state index contributed by atoms with van der Waals surface area (Å²) in [5.41, 5.74) is 3.94. The predicted octanol–water partition coefficient (Wildman–Crippen LogP) is 4.29. The summed E-state index contributed by atoms with van der Waals surface area (Å²) in [4.78, 5) is 6.58. The molecule has 0 aliphatic carbocycles. The summed E-state index contributed by atoms with van der Waals surface area (Å²) >= 11 is 3.18. The van der Waals surface area contributed by atoms with Gasteiger partial charge in [-0.2, -0.15) is 5.10 Å². The number of aryl methyl sites for hydroxylation is 1. The topological polar surface area (TPSA) is 60.9 Å². The molecule has 0 saturated heterocycles. The summed E-state index contributed by atoms with van der Waals surface area (Å²) in [6, 6.07) is 12.2. The lowest BCUT2D eigenvalue weighted by Crippen LogP contribution is -1.98. The third-order valence-corrected chi connectivity index (χ3v) is 6.34. The van der Waals surface area contributed by atoms with Crippen LogP contribution in [0, 0.1) is 13.8 Å². The minimum atomic E-state index is 0.791. The van der Waals surface area contributed by atoms with Gasteiger partial charge < -0.3 is 0 Å². The van der Waals surface area contributed by atoms with Crippen LogP contribution in [0.1, 0.15) is 11.4 Å². The number of thiophene rings is 1. The molecule has 5 aromatic rings. The van der Waals surface area contributed by atoms with Gasteiger partial charge in [-0.15, -0.1) is 21.5 Å². The van der Waals surface area contributed by atoms with Crippen molar-refractivity contribution in [2.45, 2.75) is 23.9 Å². The number of nitrogens with zero attached hydrogens (tertiary/aromatic N) is 6. The van der Waals surface area contributed by atoms with Crippen LogP contribution in [0.25, 0.3) is 21.6 Å². The fourth-order valence-corrected chi connectivity index (χ4v) is 4.65. The number of hydrogen-bond acceptors (Lipinski definition) is 6. The largest absolute Gasteiger partial charge is 0.259 e. The van der Waals surface area contributed by atoms with Gasteiger partial charge in [0.25, 0.3) is 0 Å². The van der Waals surface area contributed by atoms with Crippen molar-refractivity contribution in [2.24, 2.45) is 0 Å². The molecule has 0 bridgehead atoms. The van der Waals surface area contributed by atoms with E-state index in [2.05, 4.69) is 34.2 Å². The average Bonchev–Trinajstić information content (AvgIpc) is 3.36. The zero-order chi connectivity index (χ0) is 17.7. The summed E-state index contributed by atoms with van der Waals surface area (Å²) in [5, 5.41) is 17.3. The molecule has 0 aliphatic rings. The molecule has 0 radical (unpaired) electrons. The SMILES string of the molecule is Cc1nn(-c2ccccc2)c(C)c1Sc1nnc2c3ccsc3ncn12. The van der Waals surface area contributed by atoms with Crippen LogP contribution in [0.4, 0.5) is 0 Å². The Hall–Kier alpha value is -2.71. The van der Waals surface area contributed by atoms with E-state index in [1.54, 1.807) is 29.4 Å². The molecular weight excluding hydrogens is 364 g/mol. The average molecular weight is 378 g/mol. The van der Waals surface area contributed by atoms with Crippen LogP contribution in [0.3, 0.4) is 0 Å². The van der Waals surface area contributed by atoms with E-state index in [1.807, 2.05) is 45.7 Å². The van der Waals surface area contributed by atoms with E-state index < -0.39 is 0 Å². The summed E-state index contributed by atoms with van der Waals surface area (Å²) in [5.74, 6) is 0. The minimum absolute atomic E-state index is 0.791. The molecule has 0 amide bonds. The van der Waals surface area contributed by atoms with E-state index >= 15 is 0 Å². The first-order valence-electron chi connectivity index (χ1n) is 8.09. The zero-order valence-electron chi connectivity index (χ0n) is 14.1. The molecule has 26 heavy (non-hydrogen) atoms. The fraction of sp³-hybridized carbons (Fsp3) is 0.111. The van der Waals surface area contributed by atoms with E-state index in [4.69, 9.17) is 5.10 Å². The van der Waals surface area contributed by atoms with E-state index in [0.717, 1.165) is 43.0 Å². The highest BCUT2D eigenvalue weighted by atomic mass is 32.2. The van der Waals surface area contributed by atoms with E-state index in [-0.39, 0.29) is 0 Å². The molecule has 0 fully saturated rings. The van der Waals surface area contributed by atoms with Crippen LogP contribution in [0.5, 0.6) is 0 Å². The van der Waals surface area contributed by atoms with Crippen LogP contribution >= 0.6 is 23.1 Å². The van der Waals surface area contributed by atoms with Crippen molar-refractivity contribution < 1.29 is 0 Å². The van der Waals surface area contributed by atoms with Gasteiger partial charge in [-0.25, -0.2) is 9.67 Å². The molecule has 4 heterocycles. The van der Waals surface area contributed by atoms with Gasteiger partial charge >= 0.3 is 0 Å². The Bertz CT molecular complexity index is 1240. The highest BCUT2D eigenvalue weighted by molar-refractivity contribution is 7.99. The maximum atomic E-state index is 4.71. The maximum Gasteiger partial charge on any atom is 0.201 e. The van der Waals surface area contributed by atoms with Crippen molar-refractivity contribution in [1.82, 2.24) is 29.4 Å². The monoisotopic (exact) mass is 378 g/mol. The van der Waals surface area contributed by atoms with E-state index in [9.17, 15) is 0 Å². The van der Waals surface area contributed by atoms with Gasteiger partial charge in [0.2, 0.25) is 5.16 Å². The number of rotatable bonds is 3. The molecule has 6 nitrogen and oxygen atoms in total. The Balaban J connectivity index is 1.60. The van der Waals surface area contributed by atoms with Gasteiger partial charge in [0.15, 0.2) is 5.65 Å². The molecule has 128 valence electrons. The first-order valence-corrected chi connectivity index (χ1v) is 9.78. The van der Waals surface area contributed by atoms with Crippen LogP contribution in [0.15, 0.2) is 58.2 Å². The number of fused-ring (bicyclic) bond motifs is 3. The first-order chi connectivity index (χ1) is 12.7. The first kappa shape index (κ1) is 15.5. The van der Waals surface area contributed by atoms with Crippen molar-refractivity contribution >= 4 is 39.0 Å². The van der Waals surface area contributed by atoms with Crippen LogP contribution in [0.2, 0.25) is 0 Å². The maximum absolute atomic E-state index is 4.71. The molecule has 1 aromatic carbocycles. The van der Waals surface area contributed by atoms with Gasteiger partial charge in [-0.05, 0) is 49.2 Å². The van der Waals surface area contributed by atoms with Gasteiger partial charge in [0.05, 0.1) is 27.4 Å². The number of para-hydroxylation sites is 1. The molecule has 0 saturated carbocycles. The standard InChI is InChI=1S/C18H14N6S2/c1-11-15(12(2)24(22-11)13-6-4-3-5-7-13)26-18-21-20-16-14-8-9-25-17(14)19-10-23(16)18/h3-10H,1-2H3. The lowest BCUT2D eigenvalue weighted by Gasteiger charge is -2.04. The zero-order valence-corrected chi connectivity index (χ0v) is 15.8. The van der Waals surface area contributed by atoms with Crippen LogP contribution in [-0.4, -0.2) is 29.4 Å². The Labute approximate surface area is 157 Å². The molecule has 4 aromatic heterocycles. The Morgan fingerprint density at radius 3 is 2.73 bits per heavy atom. The molecule has 0 aliphatic heterocycles. The van der Waals surface area contributed by atoms with Crippen LogP contribution < -0.4 is 0 Å². The van der Waals surface area contributed by atoms with E-state index in [0.29, 0.717) is 0 Å². The second-order valence-corrected chi connectivity index (χ2v) is 7.78. The number of hydrogen-bond donors (Lipinski definition) is 0. The summed E-state index contributed by atoms with van der Waals surface area (Å²) < 4.78 is 3.91. The third-order valence-electron chi connectivity index (χ3n) is 4.26. The lowest BCUT2D eigenvalue weighted by molar-refractivity contribution is 0.832. The smallest absolute Gasteiger partial charge is 0.201 e. The second-order valence-electron chi connectivity index (χ2n) is 5.91. The van der Waals surface area contributed by atoms with Crippen molar-refractivity contribution in [3.8, 4) is 5.69 Å². The van der Waals surface area contributed by atoms with Gasteiger partial charge in [-0.1, -0.05) is 18.2 Å². The minimum Gasteiger partial charge on any atom is -0.259 e. The second kappa shape index (κ2) is 5.93. The van der Waals surface area contributed by atoms with Crippen molar-refractivity contribution in [3.63, 3.8) is 0 Å². The van der Waals surface area contributed by atoms with Crippen molar-refractivity contribution in [1.29, 1.82) is 0 Å². The predicted molar refractivity (Wildman–Crippen MR) is 103 cm³/mol. The molecule has 0 N–H and O–H groups in total. The van der Waals surface area contributed by atoms with Gasteiger partial charge in [-0.3, -0.25) is 4.40 Å². The van der Waals surface area contributed by atoms with Crippen molar-refractivity contribution in [3.05, 3.63) is 59.5 Å². The number of benzene rings is 1. The van der Waals surface area contributed by atoms with Gasteiger partial charge in [0, 0.05) is 0 Å². The molecule has 8 heteroatoms. The van der Waals surface area contributed by atoms with Gasteiger partial charge in [0.1, 0.15) is 11.2 Å². The third kappa shape index (κ3) is 2.33. The van der Waals surface area contributed by atoms with Crippen molar-refractivity contribution in [2.75, 3.05) is 0 Å². The summed E-state index contributed by atoms with van der Waals surface area (Å²) in [6.45, 7) is 4.10. The molecule has 0 unspecified atom stereocenters. The van der Waals surface area contributed by atoms with E-state index in [1.165, 1.54) is 0 Å². The Kier molecular flexibility index (Phi) is 3.54. The fourth-order valence-electron chi connectivity index (χ4n) is 3.00. The lowest BCUT2D eigenvalue weighted by atomic mass is 10.3. The van der Waals surface area contributed by atoms with Crippen LogP contribution in [-0.2, 0) is 0 Å². The molecule has 0 spiro atoms. The highest BCUT2D eigenvalue weighted by Gasteiger charge is 2.18. The summed E-state index contributed by atoms with van der Waals surface area (Å²) in [6.07, 6.45) is 1.79. The normalized spacial score (nSPS) is 11.6. The Morgan fingerprint density at radius 2 is 1.88 bits per heavy atom.